The minimum absolute atomic E-state index is 0.843. The third kappa shape index (κ3) is 9.32. The first-order valence-corrected chi connectivity index (χ1v) is 17.7. The van der Waals surface area contributed by atoms with Gasteiger partial charge in [-0.15, -0.1) is 0 Å². The van der Waals surface area contributed by atoms with Crippen LogP contribution < -0.4 is 0 Å². The van der Waals surface area contributed by atoms with Gasteiger partial charge >= 0.3 is 0 Å². The smallest absolute Gasteiger partial charge is 0.0886 e. The van der Waals surface area contributed by atoms with Crippen molar-refractivity contribution >= 4 is 0 Å². The molecule has 0 amide bonds. The van der Waals surface area contributed by atoms with Crippen LogP contribution in [0.4, 0.5) is 0 Å². The molecule has 7 rings (SSSR count). The van der Waals surface area contributed by atoms with E-state index in [2.05, 4.69) is 105 Å². The lowest BCUT2D eigenvalue weighted by Crippen LogP contribution is -2.35. The molecule has 0 unspecified atom stereocenters. The molecule has 6 aromatic heterocycles. The third-order valence-corrected chi connectivity index (χ3v) is 9.41. The Balaban J connectivity index is 1.05. The van der Waals surface area contributed by atoms with E-state index in [1.54, 1.807) is 0 Å². The Morgan fingerprint density at radius 3 is 0.765 bits per heavy atom. The van der Waals surface area contributed by atoms with Gasteiger partial charge in [0.1, 0.15) is 0 Å². The molecule has 0 aliphatic carbocycles. The maximum Gasteiger partial charge on any atom is 0.0886 e. The fourth-order valence-corrected chi connectivity index (χ4v) is 6.30. The molecule has 0 aromatic carbocycles. The van der Waals surface area contributed by atoms with Crippen molar-refractivity contribution in [1.82, 2.24) is 44.6 Å². The van der Waals surface area contributed by atoms with Crippen LogP contribution in [0.5, 0.6) is 0 Å². The van der Waals surface area contributed by atoms with E-state index in [9.17, 15) is 0 Å². The summed E-state index contributed by atoms with van der Waals surface area (Å²) in [5.41, 5.74) is 12.4. The summed E-state index contributed by atoms with van der Waals surface area (Å²) in [7, 11) is 0. The van der Waals surface area contributed by atoms with Gasteiger partial charge in [0, 0.05) is 96.1 Å². The van der Waals surface area contributed by atoms with E-state index < -0.39 is 0 Å². The number of hydrogen-bond acceptors (Lipinski definition) is 9. The molecule has 6 aromatic rings. The zero-order valence-electron chi connectivity index (χ0n) is 29.8. The molecule has 0 N–H and O–H groups in total. The van der Waals surface area contributed by atoms with E-state index in [0.29, 0.717) is 0 Å². The summed E-state index contributed by atoms with van der Waals surface area (Å²) in [5.74, 6) is 0. The van der Waals surface area contributed by atoms with Crippen LogP contribution in [0.2, 0.25) is 0 Å². The zero-order chi connectivity index (χ0) is 35.0. The number of nitrogens with zero attached hydrogens (tertiary/aromatic N) is 9. The van der Waals surface area contributed by atoms with Crippen molar-refractivity contribution in [2.24, 2.45) is 0 Å². The summed E-state index contributed by atoms with van der Waals surface area (Å²) < 4.78 is 0. The molecule has 0 bridgehead atoms. The molecule has 0 radical (unpaired) electrons. The predicted molar refractivity (Wildman–Crippen MR) is 202 cm³/mol. The van der Waals surface area contributed by atoms with Gasteiger partial charge in [0.15, 0.2) is 0 Å². The number of pyridine rings is 6. The first kappa shape index (κ1) is 34.2. The molecule has 0 saturated carbocycles. The molecule has 1 aliphatic rings. The average Bonchev–Trinajstić information content (AvgIpc) is 3.25. The van der Waals surface area contributed by atoms with Crippen molar-refractivity contribution in [3.05, 3.63) is 143 Å². The lowest BCUT2D eigenvalue weighted by Gasteiger charge is -2.26. The van der Waals surface area contributed by atoms with Crippen molar-refractivity contribution in [1.29, 1.82) is 0 Å². The highest BCUT2D eigenvalue weighted by atomic mass is 15.3. The highest BCUT2D eigenvalue weighted by molar-refractivity contribution is 5.55. The molecule has 258 valence electrons. The molecular weight excluding hydrogens is 631 g/mol. The fourth-order valence-electron chi connectivity index (χ4n) is 6.30. The maximum atomic E-state index is 4.78. The van der Waals surface area contributed by atoms with Gasteiger partial charge in [-0.2, -0.15) is 0 Å². The van der Waals surface area contributed by atoms with Gasteiger partial charge in [-0.1, -0.05) is 36.4 Å². The molecule has 9 heteroatoms. The minimum atomic E-state index is 0.843. The van der Waals surface area contributed by atoms with Crippen LogP contribution in [-0.4, -0.2) is 83.9 Å². The molecule has 51 heavy (non-hydrogen) atoms. The van der Waals surface area contributed by atoms with Crippen LogP contribution in [0.15, 0.2) is 110 Å². The van der Waals surface area contributed by atoms with Gasteiger partial charge in [0.25, 0.3) is 0 Å². The van der Waals surface area contributed by atoms with Crippen LogP contribution >= 0.6 is 0 Å². The van der Waals surface area contributed by atoms with Gasteiger partial charge < -0.3 is 0 Å². The first-order valence-electron chi connectivity index (χ1n) is 17.7. The van der Waals surface area contributed by atoms with Gasteiger partial charge in [0.05, 0.1) is 34.2 Å². The van der Waals surface area contributed by atoms with E-state index in [1.165, 1.54) is 16.7 Å². The predicted octanol–water partition coefficient (Wildman–Crippen LogP) is 6.80. The van der Waals surface area contributed by atoms with E-state index in [4.69, 9.17) is 15.0 Å². The van der Waals surface area contributed by atoms with Crippen molar-refractivity contribution in [2.45, 2.75) is 40.4 Å². The van der Waals surface area contributed by atoms with Crippen LogP contribution in [0.1, 0.15) is 33.4 Å². The topological polar surface area (TPSA) is 87.1 Å². The lowest BCUT2D eigenvalue weighted by atomic mass is 10.2. The Bertz CT molecular complexity index is 1730. The second kappa shape index (κ2) is 16.2. The Kier molecular flexibility index (Phi) is 10.9. The minimum Gasteiger partial charge on any atom is -0.296 e. The standard InChI is InChI=1S/C42H45N9/c1-31-4-10-37(43-22-31)40-13-7-34(25-46-40)28-49-16-18-50(29-35-8-14-41(47-26-35)38-11-5-32(2)23-44-38)20-21-51(19-17-49)30-36-9-15-42(48-27-36)39-12-6-33(3)24-45-39/h4-15,22-27H,16-21,28-30H2,1-3H3. The maximum absolute atomic E-state index is 4.78. The molecule has 0 spiro atoms. The van der Waals surface area contributed by atoms with Crippen molar-refractivity contribution in [3.63, 3.8) is 0 Å². The average molecular weight is 676 g/mol. The summed E-state index contributed by atoms with van der Waals surface area (Å²) in [6, 6.07) is 25.2. The molecular formula is C42H45N9. The van der Waals surface area contributed by atoms with Crippen LogP contribution in [0.3, 0.4) is 0 Å². The number of hydrogen-bond donors (Lipinski definition) is 0. The molecule has 1 saturated heterocycles. The summed E-state index contributed by atoms with van der Waals surface area (Å²) in [6.45, 7) is 14.5. The third-order valence-electron chi connectivity index (χ3n) is 9.41. The molecule has 1 aliphatic heterocycles. The van der Waals surface area contributed by atoms with Crippen molar-refractivity contribution in [2.75, 3.05) is 39.3 Å². The molecule has 9 nitrogen and oxygen atoms in total. The number of aromatic nitrogens is 6. The Morgan fingerprint density at radius 2 is 0.569 bits per heavy atom. The van der Waals surface area contributed by atoms with E-state index in [0.717, 1.165) is 110 Å². The monoisotopic (exact) mass is 675 g/mol. The second-order valence-electron chi connectivity index (χ2n) is 13.6. The van der Waals surface area contributed by atoms with Crippen LogP contribution in [-0.2, 0) is 19.6 Å². The van der Waals surface area contributed by atoms with Crippen LogP contribution in [0, 0.1) is 20.8 Å². The van der Waals surface area contributed by atoms with Crippen LogP contribution in [0.25, 0.3) is 34.2 Å². The summed E-state index contributed by atoms with van der Waals surface area (Å²) in [5, 5.41) is 0. The first-order chi connectivity index (χ1) is 24.9. The van der Waals surface area contributed by atoms with Crippen molar-refractivity contribution < 1.29 is 0 Å². The highest BCUT2D eigenvalue weighted by Crippen LogP contribution is 2.19. The highest BCUT2D eigenvalue weighted by Gasteiger charge is 2.18. The number of rotatable bonds is 9. The van der Waals surface area contributed by atoms with Gasteiger partial charge in [0.2, 0.25) is 0 Å². The normalized spacial score (nSPS) is 14.9. The Morgan fingerprint density at radius 1 is 0.333 bits per heavy atom. The van der Waals surface area contributed by atoms with Gasteiger partial charge in [-0.3, -0.25) is 44.6 Å². The second-order valence-corrected chi connectivity index (χ2v) is 13.6. The number of aryl methyl sites for hydroxylation is 3. The summed E-state index contributed by atoms with van der Waals surface area (Å²) >= 11 is 0. The Hall–Kier alpha value is -5.22. The largest absolute Gasteiger partial charge is 0.296 e. The van der Waals surface area contributed by atoms with Gasteiger partial charge in [-0.25, -0.2) is 0 Å². The van der Waals surface area contributed by atoms with Gasteiger partial charge in [-0.05, 0) is 90.6 Å². The zero-order valence-corrected chi connectivity index (χ0v) is 29.8. The summed E-state index contributed by atoms with van der Waals surface area (Å²) in [4.78, 5) is 35.7. The Labute approximate surface area is 301 Å². The molecule has 0 atom stereocenters. The van der Waals surface area contributed by atoms with Crippen molar-refractivity contribution in [3.8, 4) is 34.2 Å². The fraction of sp³-hybridized carbons (Fsp3) is 0.286. The SMILES string of the molecule is Cc1ccc(-c2ccc(CN3CCN(Cc4ccc(-c5ccc(C)cn5)nc4)CCN(Cc4ccc(-c5ccc(C)cn5)nc4)CC3)cn2)nc1. The molecule has 7 heterocycles. The van der Waals surface area contributed by atoms with E-state index in [-0.39, 0.29) is 0 Å². The van der Waals surface area contributed by atoms with E-state index >= 15 is 0 Å². The lowest BCUT2D eigenvalue weighted by molar-refractivity contribution is 0.209. The van der Waals surface area contributed by atoms with E-state index in [1.807, 2.05) is 55.4 Å². The molecule has 1 fully saturated rings. The quantitative estimate of drug-likeness (QED) is 0.164. The summed E-state index contributed by atoms with van der Waals surface area (Å²) in [6.07, 6.45) is 11.7.